The van der Waals surface area contributed by atoms with Gasteiger partial charge in [-0.1, -0.05) is 12.1 Å². The van der Waals surface area contributed by atoms with Crippen LogP contribution < -0.4 is 26.6 Å². The molecule has 0 spiro atoms. The van der Waals surface area contributed by atoms with Gasteiger partial charge in [-0.25, -0.2) is 9.97 Å². The molecule has 0 unspecified atom stereocenters. The quantitative estimate of drug-likeness (QED) is 0.295. The molecule has 3 aromatic rings. The summed E-state index contributed by atoms with van der Waals surface area (Å²) in [6, 6.07) is 15.1. The van der Waals surface area contributed by atoms with Gasteiger partial charge in [-0.3, -0.25) is 10.2 Å². The summed E-state index contributed by atoms with van der Waals surface area (Å²) < 4.78 is 0. The summed E-state index contributed by atoms with van der Waals surface area (Å²) in [6.45, 7) is 3.87. The van der Waals surface area contributed by atoms with Crippen molar-refractivity contribution in [2.75, 3.05) is 47.4 Å². The third kappa shape index (κ3) is 4.62. The third-order valence-electron chi connectivity index (χ3n) is 5.14. The summed E-state index contributed by atoms with van der Waals surface area (Å²) in [7, 11) is 0. The van der Waals surface area contributed by atoms with Crippen molar-refractivity contribution < 1.29 is 4.79 Å². The molecular formula is C22H24N8O. The number of nitrogens with one attached hydrogen (secondary N) is 4. The van der Waals surface area contributed by atoms with E-state index in [1.165, 1.54) is 6.33 Å². The van der Waals surface area contributed by atoms with Crippen LogP contribution in [0.3, 0.4) is 0 Å². The number of nitrogens with zero attached hydrogens (tertiary/aromatic N) is 3. The number of rotatable bonds is 7. The predicted octanol–water partition coefficient (Wildman–Crippen LogP) is 2.20. The maximum Gasteiger partial charge on any atom is 0.211 e. The van der Waals surface area contributed by atoms with Crippen LogP contribution in [0.1, 0.15) is 11.1 Å². The van der Waals surface area contributed by atoms with Gasteiger partial charge in [0.2, 0.25) is 6.41 Å². The molecule has 6 N–H and O–H groups in total. The molecule has 1 aliphatic rings. The first-order valence-corrected chi connectivity index (χ1v) is 9.98. The zero-order valence-electron chi connectivity index (χ0n) is 16.9. The van der Waals surface area contributed by atoms with Gasteiger partial charge in [-0.15, -0.1) is 0 Å². The Labute approximate surface area is 180 Å². The van der Waals surface area contributed by atoms with Crippen LogP contribution in [-0.2, 0) is 4.79 Å². The number of anilines is 5. The van der Waals surface area contributed by atoms with E-state index in [1.807, 2.05) is 24.3 Å². The van der Waals surface area contributed by atoms with Gasteiger partial charge in [-0.2, -0.15) is 0 Å². The van der Waals surface area contributed by atoms with Gasteiger partial charge in [0.15, 0.2) is 0 Å². The fourth-order valence-electron chi connectivity index (χ4n) is 3.50. The lowest BCUT2D eigenvalue weighted by Crippen LogP contribution is -2.43. The molecule has 0 radical (unpaired) electrons. The van der Waals surface area contributed by atoms with E-state index in [0.717, 1.165) is 43.1 Å². The lowest BCUT2D eigenvalue weighted by molar-refractivity contribution is -0.105. The number of carbonyl (C=O) groups is 1. The fraction of sp³-hybridized carbons (Fsp3) is 0.182. The molecule has 0 bridgehead atoms. The second-order valence-corrected chi connectivity index (χ2v) is 7.11. The normalized spacial score (nSPS) is 13.5. The number of amides is 1. The molecule has 158 valence electrons. The van der Waals surface area contributed by atoms with Crippen molar-refractivity contribution >= 4 is 40.8 Å². The van der Waals surface area contributed by atoms with E-state index in [2.05, 4.69) is 30.8 Å². The van der Waals surface area contributed by atoms with Crippen LogP contribution in [0.2, 0.25) is 0 Å². The highest BCUT2D eigenvalue weighted by atomic mass is 16.1. The molecule has 9 heteroatoms. The van der Waals surface area contributed by atoms with E-state index < -0.39 is 0 Å². The minimum absolute atomic E-state index is 0.230. The Hall–Kier alpha value is -3.98. The molecule has 1 aliphatic heterocycles. The second kappa shape index (κ2) is 9.23. The van der Waals surface area contributed by atoms with E-state index in [1.54, 1.807) is 24.3 Å². The van der Waals surface area contributed by atoms with Crippen LogP contribution in [0.25, 0.3) is 0 Å². The van der Waals surface area contributed by atoms with Crippen molar-refractivity contribution in [1.29, 1.82) is 5.41 Å². The van der Waals surface area contributed by atoms with E-state index in [-0.39, 0.29) is 11.5 Å². The summed E-state index contributed by atoms with van der Waals surface area (Å²) in [5.74, 6) is 0.674. The standard InChI is InChI=1S/C22H24N8O/c23-20(15-1-7-18(8-2-15)30-11-9-25-10-12-30)19-21(24)26-13-27-22(19)29-17-5-3-16(4-6-17)28-14-31/h1-8,13-14,23,25H,9-12H2,(H,28,31)(H3,24,26,27,29). The largest absolute Gasteiger partial charge is 0.383 e. The van der Waals surface area contributed by atoms with Crippen LogP contribution in [0, 0.1) is 5.41 Å². The predicted molar refractivity (Wildman–Crippen MR) is 123 cm³/mol. The molecule has 0 atom stereocenters. The van der Waals surface area contributed by atoms with Crippen molar-refractivity contribution in [3.8, 4) is 0 Å². The van der Waals surface area contributed by atoms with Gasteiger partial charge < -0.3 is 26.6 Å². The Kier molecular flexibility index (Phi) is 6.04. The third-order valence-corrected chi connectivity index (χ3v) is 5.14. The molecule has 31 heavy (non-hydrogen) atoms. The Morgan fingerprint density at radius 2 is 1.71 bits per heavy atom. The van der Waals surface area contributed by atoms with E-state index in [0.29, 0.717) is 23.5 Å². The molecular weight excluding hydrogens is 392 g/mol. The highest BCUT2D eigenvalue weighted by Crippen LogP contribution is 2.26. The Morgan fingerprint density at radius 1 is 1.03 bits per heavy atom. The summed E-state index contributed by atoms with van der Waals surface area (Å²) >= 11 is 0. The van der Waals surface area contributed by atoms with Gasteiger partial charge in [0.05, 0.1) is 11.3 Å². The fourth-order valence-corrected chi connectivity index (χ4v) is 3.50. The first kappa shape index (κ1) is 20.3. The van der Waals surface area contributed by atoms with Gasteiger partial charge in [-0.05, 0) is 36.4 Å². The van der Waals surface area contributed by atoms with E-state index >= 15 is 0 Å². The number of benzene rings is 2. The summed E-state index contributed by atoms with van der Waals surface area (Å²) in [5, 5.41) is 17.9. The molecule has 9 nitrogen and oxygen atoms in total. The molecule has 2 aromatic carbocycles. The number of nitrogens with two attached hydrogens (primary N) is 1. The van der Waals surface area contributed by atoms with Crippen LogP contribution >= 0.6 is 0 Å². The molecule has 2 heterocycles. The zero-order valence-corrected chi connectivity index (χ0v) is 16.9. The van der Waals surface area contributed by atoms with Crippen molar-refractivity contribution in [3.63, 3.8) is 0 Å². The highest BCUT2D eigenvalue weighted by molar-refractivity contribution is 6.16. The second-order valence-electron chi connectivity index (χ2n) is 7.11. The van der Waals surface area contributed by atoms with Crippen LogP contribution in [-0.4, -0.2) is 48.3 Å². The van der Waals surface area contributed by atoms with E-state index in [4.69, 9.17) is 11.1 Å². The first-order valence-electron chi connectivity index (χ1n) is 9.98. The molecule has 0 aliphatic carbocycles. The molecule has 1 saturated heterocycles. The first-order chi connectivity index (χ1) is 15.2. The molecule has 1 aromatic heterocycles. The van der Waals surface area contributed by atoms with Crippen molar-refractivity contribution in [3.05, 3.63) is 66.0 Å². The smallest absolute Gasteiger partial charge is 0.211 e. The summed E-state index contributed by atoms with van der Waals surface area (Å²) in [5.41, 5.74) is 10.1. The number of nitrogen functional groups attached to an aromatic ring is 1. The average molecular weight is 416 g/mol. The monoisotopic (exact) mass is 416 g/mol. The number of carbonyl (C=O) groups excluding carboxylic acids is 1. The molecule has 4 rings (SSSR count). The number of aromatic nitrogens is 2. The topological polar surface area (TPSA) is 132 Å². The minimum Gasteiger partial charge on any atom is -0.383 e. The number of piperazine rings is 1. The SMILES string of the molecule is N=C(c1ccc(N2CCNCC2)cc1)c1c(N)ncnc1Nc1ccc(NC=O)cc1. The summed E-state index contributed by atoms with van der Waals surface area (Å²) in [4.78, 5) is 21.3. The number of hydrogen-bond acceptors (Lipinski definition) is 8. The Bertz CT molecular complexity index is 1060. The lowest BCUT2D eigenvalue weighted by Gasteiger charge is -2.29. The maximum absolute atomic E-state index is 10.6. The Morgan fingerprint density at radius 3 is 2.39 bits per heavy atom. The minimum atomic E-state index is 0.230. The maximum atomic E-state index is 10.6. The lowest BCUT2D eigenvalue weighted by atomic mass is 10.0. The molecule has 1 amide bonds. The van der Waals surface area contributed by atoms with E-state index in [9.17, 15) is 4.79 Å². The Balaban J connectivity index is 1.57. The van der Waals surface area contributed by atoms with Crippen molar-refractivity contribution in [1.82, 2.24) is 15.3 Å². The van der Waals surface area contributed by atoms with Gasteiger partial charge in [0.1, 0.15) is 18.0 Å². The van der Waals surface area contributed by atoms with Crippen LogP contribution in [0.15, 0.2) is 54.9 Å². The van der Waals surface area contributed by atoms with Crippen molar-refractivity contribution in [2.24, 2.45) is 0 Å². The average Bonchev–Trinajstić information content (AvgIpc) is 2.81. The van der Waals surface area contributed by atoms with Gasteiger partial charge >= 0.3 is 0 Å². The number of hydrogen-bond donors (Lipinski definition) is 5. The van der Waals surface area contributed by atoms with Crippen LogP contribution in [0.4, 0.5) is 28.7 Å². The highest BCUT2D eigenvalue weighted by Gasteiger charge is 2.17. The molecule has 1 fully saturated rings. The van der Waals surface area contributed by atoms with Gasteiger partial charge in [0.25, 0.3) is 0 Å². The van der Waals surface area contributed by atoms with Crippen LogP contribution in [0.5, 0.6) is 0 Å². The summed E-state index contributed by atoms with van der Waals surface area (Å²) in [6.07, 6.45) is 1.99. The van der Waals surface area contributed by atoms with Crippen molar-refractivity contribution in [2.45, 2.75) is 0 Å². The van der Waals surface area contributed by atoms with Gasteiger partial charge in [0, 0.05) is 48.8 Å². The zero-order chi connectivity index (χ0) is 21.6. The molecule has 0 saturated carbocycles.